The number of amides is 2. The SMILES string of the molecule is COc1cc2ccccc2cc1C(=O)Nc1ccc(NC(=O)c2cccc(C)c2)cc1. The van der Waals surface area contributed by atoms with E-state index in [4.69, 9.17) is 4.74 Å². The maximum absolute atomic E-state index is 12.9. The Kier molecular flexibility index (Phi) is 5.67. The van der Waals surface area contributed by atoms with E-state index in [1.807, 2.05) is 61.5 Å². The number of ether oxygens (including phenoxy) is 1. The van der Waals surface area contributed by atoms with Gasteiger partial charge >= 0.3 is 0 Å². The van der Waals surface area contributed by atoms with Crippen LogP contribution >= 0.6 is 0 Å². The number of anilines is 2. The predicted molar refractivity (Wildman–Crippen MR) is 124 cm³/mol. The second-order valence-corrected chi connectivity index (χ2v) is 7.25. The highest BCUT2D eigenvalue weighted by atomic mass is 16.5. The third kappa shape index (κ3) is 4.56. The molecule has 0 aliphatic rings. The number of benzene rings is 4. The van der Waals surface area contributed by atoms with Crippen LogP contribution in [0.4, 0.5) is 11.4 Å². The Balaban J connectivity index is 1.48. The lowest BCUT2D eigenvalue weighted by Gasteiger charge is -2.12. The van der Waals surface area contributed by atoms with Gasteiger partial charge in [0.25, 0.3) is 11.8 Å². The Morgan fingerprint density at radius 3 is 1.94 bits per heavy atom. The van der Waals surface area contributed by atoms with Gasteiger partial charge < -0.3 is 15.4 Å². The maximum atomic E-state index is 12.9. The van der Waals surface area contributed by atoms with Crippen LogP contribution in [0.5, 0.6) is 5.75 Å². The van der Waals surface area contributed by atoms with Crippen LogP contribution in [0.3, 0.4) is 0 Å². The lowest BCUT2D eigenvalue weighted by atomic mass is 10.1. The summed E-state index contributed by atoms with van der Waals surface area (Å²) in [4.78, 5) is 25.3. The van der Waals surface area contributed by atoms with Gasteiger partial charge in [-0.2, -0.15) is 0 Å². The largest absolute Gasteiger partial charge is 0.496 e. The van der Waals surface area contributed by atoms with Crippen LogP contribution in [0.1, 0.15) is 26.3 Å². The Hall–Kier alpha value is -4.12. The van der Waals surface area contributed by atoms with Crippen LogP contribution < -0.4 is 15.4 Å². The lowest BCUT2D eigenvalue weighted by Crippen LogP contribution is -2.14. The Morgan fingerprint density at radius 2 is 1.32 bits per heavy atom. The van der Waals surface area contributed by atoms with E-state index in [-0.39, 0.29) is 11.8 Å². The van der Waals surface area contributed by atoms with Crippen molar-refractivity contribution in [1.29, 1.82) is 0 Å². The summed E-state index contributed by atoms with van der Waals surface area (Å²) in [7, 11) is 1.55. The van der Waals surface area contributed by atoms with Gasteiger partial charge in [-0.05, 0) is 66.2 Å². The number of nitrogens with one attached hydrogen (secondary N) is 2. The fourth-order valence-electron chi connectivity index (χ4n) is 3.39. The molecule has 0 fully saturated rings. The van der Waals surface area contributed by atoms with Crippen LogP contribution in [-0.2, 0) is 0 Å². The molecule has 0 saturated heterocycles. The Bertz CT molecular complexity index is 1260. The molecule has 0 bridgehead atoms. The molecule has 0 saturated carbocycles. The molecule has 0 aromatic heterocycles. The minimum Gasteiger partial charge on any atom is -0.496 e. The highest BCUT2D eigenvalue weighted by Gasteiger charge is 2.14. The molecule has 154 valence electrons. The van der Waals surface area contributed by atoms with Gasteiger partial charge in [0.2, 0.25) is 0 Å². The first-order valence-electron chi connectivity index (χ1n) is 9.90. The number of fused-ring (bicyclic) bond motifs is 1. The number of carbonyl (C=O) groups is 2. The van der Waals surface area contributed by atoms with Gasteiger partial charge in [0.1, 0.15) is 5.75 Å². The van der Waals surface area contributed by atoms with Crippen molar-refractivity contribution in [3.05, 3.63) is 102 Å². The third-order valence-electron chi connectivity index (χ3n) is 4.99. The molecule has 2 N–H and O–H groups in total. The van der Waals surface area contributed by atoms with Crippen LogP contribution in [0.25, 0.3) is 10.8 Å². The first kappa shape index (κ1) is 20.2. The highest BCUT2D eigenvalue weighted by molar-refractivity contribution is 6.09. The minimum absolute atomic E-state index is 0.179. The van der Waals surface area contributed by atoms with E-state index in [1.165, 1.54) is 0 Å². The molecule has 0 aliphatic carbocycles. The molecule has 0 spiro atoms. The van der Waals surface area contributed by atoms with Crippen LogP contribution in [0, 0.1) is 6.92 Å². The molecule has 4 aromatic rings. The summed E-state index contributed by atoms with van der Waals surface area (Å²) in [6.45, 7) is 1.94. The van der Waals surface area contributed by atoms with Crippen molar-refractivity contribution in [2.75, 3.05) is 17.7 Å². The van der Waals surface area contributed by atoms with Crippen molar-refractivity contribution in [2.45, 2.75) is 6.92 Å². The van der Waals surface area contributed by atoms with Gasteiger partial charge in [0.15, 0.2) is 0 Å². The fourth-order valence-corrected chi connectivity index (χ4v) is 3.39. The molecule has 0 radical (unpaired) electrons. The van der Waals surface area contributed by atoms with Gasteiger partial charge in [-0.25, -0.2) is 0 Å². The van der Waals surface area contributed by atoms with E-state index >= 15 is 0 Å². The summed E-state index contributed by atoms with van der Waals surface area (Å²) in [5.74, 6) is 0.0683. The van der Waals surface area contributed by atoms with E-state index in [0.29, 0.717) is 28.3 Å². The Morgan fingerprint density at radius 1 is 0.710 bits per heavy atom. The molecular formula is C26H22N2O3. The van der Waals surface area contributed by atoms with Crippen LogP contribution in [0.2, 0.25) is 0 Å². The van der Waals surface area contributed by atoms with Gasteiger partial charge in [-0.3, -0.25) is 9.59 Å². The van der Waals surface area contributed by atoms with E-state index in [0.717, 1.165) is 16.3 Å². The van der Waals surface area contributed by atoms with Gasteiger partial charge in [-0.1, -0.05) is 42.0 Å². The zero-order chi connectivity index (χ0) is 21.8. The van der Waals surface area contributed by atoms with Crippen molar-refractivity contribution < 1.29 is 14.3 Å². The molecule has 0 aliphatic heterocycles. The number of hydrogen-bond acceptors (Lipinski definition) is 3. The first-order valence-corrected chi connectivity index (χ1v) is 9.90. The van der Waals surface area contributed by atoms with Gasteiger partial charge in [-0.15, -0.1) is 0 Å². The van der Waals surface area contributed by atoms with Crippen molar-refractivity contribution in [3.63, 3.8) is 0 Å². The van der Waals surface area contributed by atoms with Crippen LogP contribution in [-0.4, -0.2) is 18.9 Å². The standard InChI is InChI=1S/C26H22N2O3/c1-17-6-5-9-20(14-17)25(29)27-21-10-12-22(13-11-21)28-26(30)23-15-18-7-3-4-8-19(18)16-24(23)31-2/h3-16H,1-2H3,(H,27,29)(H,28,30). The van der Waals surface area contributed by atoms with Crippen LogP contribution in [0.15, 0.2) is 84.9 Å². The predicted octanol–water partition coefficient (Wildman–Crippen LogP) is 5.66. The average molecular weight is 410 g/mol. The normalized spacial score (nSPS) is 10.5. The van der Waals surface area contributed by atoms with E-state index in [1.54, 1.807) is 37.4 Å². The fraction of sp³-hybridized carbons (Fsp3) is 0.0769. The van der Waals surface area contributed by atoms with Gasteiger partial charge in [0, 0.05) is 16.9 Å². The summed E-state index contributed by atoms with van der Waals surface area (Å²) >= 11 is 0. The monoisotopic (exact) mass is 410 g/mol. The molecule has 31 heavy (non-hydrogen) atoms. The number of rotatable bonds is 5. The van der Waals surface area contributed by atoms with Crippen molar-refractivity contribution in [3.8, 4) is 5.75 Å². The molecule has 2 amide bonds. The average Bonchev–Trinajstić information content (AvgIpc) is 2.79. The topological polar surface area (TPSA) is 67.4 Å². The molecule has 4 aromatic carbocycles. The number of hydrogen-bond donors (Lipinski definition) is 2. The van der Waals surface area contributed by atoms with Crippen molar-refractivity contribution in [2.24, 2.45) is 0 Å². The van der Waals surface area contributed by atoms with Gasteiger partial charge in [0.05, 0.1) is 12.7 Å². The minimum atomic E-state index is -0.265. The summed E-state index contributed by atoms with van der Waals surface area (Å²) in [5.41, 5.74) is 3.34. The molecule has 5 nitrogen and oxygen atoms in total. The Labute approximate surface area is 180 Å². The smallest absolute Gasteiger partial charge is 0.259 e. The molecule has 0 unspecified atom stereocenters. The zero-order valence-electron chi connectivity index (χ0n) is 17.3. The number of carbonyl (C=O) groups excluding carboxylic acids is 2. The van der Waals surface area contributed by atoms with E-state index < -0.39 is 0 Å². The zero-order valence-corrected chi connectivity index (χ0v) is 17.3. The molecule has 4 rings (SSSR count). The highest BCUT2D eigenvalue weighted by Crippen LogP contribution is 2.27. The molecular weight excluding hydrogens is 388 g/mol. The summed E-state index contributed by atoms with van der Waals surface area (Å²) in [6, 6.07) is 25.9. The van der Waals surface area contributed by atoms with E-state index in [9.17, 15) is 9.59 Å². The molecule has 0 atom stereocenters. The molecule has 5 heteroatoms. The quantitative estimate of drug-likeness (QED) is 0.446. The number of aryl methyl sites for hydroxylation is 1. The second-order valence-electron chi connectivity index (χ2n) is 7.25. The van der Waals surface area contributed by atoms with E-state index in [2.05, 4.69) is 10.6 Å². The lowest BCUT2D eigenvalue weighted by molar-refractivity contribution is 0.101. The molecule has 0 heterocycles. The third-order valence-corrected chi connectivity index (χ3v) is 4.99. The maximum Gasteiger partial charge on any atom is 0.259 e. The van der Waals surface area contributed by atoms with Crippen molar-refractivity contribution >= 4 is 34.0 Å². The summed E-state index contributed by atoms with van der Waals surface area (Å²) in [5, 5.41) is 7.72. The summed E-state index contributed by atoms with van der Waals surface area (Å²) < 4.78 is 5.42. The second kappa shape index (κ2) is 8.71. The summed E-state index contributed by atoms with van der Waals surface area (Å²) in [6.07, 6.45) is 0. The first-order chi connectivity index (χ1) is 15.0. The number of methoxy groups -OCH3 is 1. The van der Waals surface area contributed by atoms with Crippen molar-refractivity contribution in [1.82, 2.24) is 0 Å².